The molecule has 38 heavy (non-hydrogen) atoms. The van der Waals surface area contributed by atoms with Gasteiger partial charge >= 0.3 is 5.97 Å². The van der Waals surface area contributed by atoms with Gasteiger partial charge in [-0.15, -0.1) is 0 Å². The molecule has 4 aromatic rings. The second-order valence-electron chi connectivity index (χ2n) is 10.2. The molecule has 8 heteroatoms. The molecule has 0 aliphatic carbocycles. The Morgan fingerprint density at radius 3 is 2.24 bits per heavy atom. The number of hydrogen-bond donors (Lipinski definition) is 3. The lowest BCUT2D eigenvalue weighted by atomic mass is 9.86. The fourth-order valence-corrected chi connectivity index (χ4v) is 4.08. The van der Waals surface area contributed by atoms with Crippen molar-refractivity contribution in [3.8, 4) is 11.1 Å². The molecule has 2 heterocycles. The summed E-state index contributed by atoms with van der Waals surface area (Å²) in [6.07, 6.45) is 2.96. The third-order valence-corrected chi connectivity index (χ3v) is 6.36. The molecule has 0 radical (unpaired) electrons. The van der Waals surface area contributed by atoms with Crippen molar-refractivity contribution in [2.24, 2.45) is 7.05 Å². The quantitative estimate of drug-likeness (QED) is 0.305. The molecule has 4 rings (SSSR count). The number of aryl methyl sites for hydroxylation is 1. The molecule has 8 nitrogen and oxygen atoms in total. The Labute approximate surface area is 221 Å². The highest BCUT2D eigenvalue weighted by Crippen LogP contribution is 2.30. The molecule has 0 spiro atoms. The second-order valence-corrected chi connectivity index (χ2v) is 10.2. The molecule has 0 atom stereocenters. The number of amides is 1. The molecular formula is C30H30N4O4. The van der Waals surface area contributed by atoms with E-state index in [1.807, 2.05) is 49.4 Å². The van der Waals surface area contributed by atoms with Gasteiger partial charge in [0.05, 0.1) is 5.56 Å². The van der Waals surface area contributed by atoms with Gasteiger partial charge in [0.2, 0.25) is 0 Å². The van der Waals surface area contributed by atoms with E-state index < -0.39 is 5.97 Å². The number of nitrogens with zero attached hydrogens (tertiary/aromatic N) is 2. The van der Waals surface area contributed by atoms with E-state index in [2.05, 4.69) is 36.4 Å². The molecular weight excluding hydrogens is 480 g/mol. The zero-order chi connectivity index (χ0) is 27.6. The minimum atomic E-state index is -1.08. The highest BCUT2D eigenvalue weighted by atomic mass is 16.4. The van der Waals surface area contributed by atoms with Crippen LogP contribution in [0.1, 0.15) is 52.6 Å². The number of carboxylic acid groups (broad SMARTS) is 1. The molecule has 2 aromatic heterocycles. The Hall–Kier alpha value is -4.72. The number of hydrogen-bond acceptors (Lipinski definition) is 5. The highest BCUT2D eigenvalue weighted by Gasteiger charge is 2.16. The first-order valence-corrected chi connectivity index (χ1v) is 12.1. The van der Waals surface area contributed by atoms with Crippen LogP contribution < -0.4 is 16.2 Å². The van der Waals surface area contributed by atoms with Gasteiger partial charge in [0.1, 0.15) is 11.5 Å². The third kappa shape index (κ3) is 5.64. The standard InChI is InChI=1S/C30H30N4O4/c1-18-23(7-6-8-24(18)33-27(35)19-9-12-22(13-10-19)30(2,3)4)21-15-25(28(36)34(5)17-21)32-26-14-11-20(16-31-26)29(37)38/h6-17H,1-5H3,(H,31,32)(H,33,35)(H,37,38). The largest absolute Gasteiger partial charge is 0.478 e. The third-order valence-electron chi connectivity index (χ3n) is 6.36. The fraction of sp³-hybridized carbons (Fsp3) is 0.200. The smallest absolute Gasteiger partial charge is 0.337 e. The number of pyridine rings is 2. The van der Waals surface area contributed by atoms with Crippen molar-refractivity contribution in [2.45, 2.75) is 33.1 Å². The Kier molecular flexibility index (Phi) is 7.17. The van der Waals surface area contributed by atoms with Crippen LogP contribution in [0.5, 0.6) is 0 Å². The van der Waals surface area contributed by atoms with Crippen LogP contribution in [0.25, 0.3) is 11.1 Å². The zero-order valence-electron chi connectivity index (χ0n) is 22.0. The van der Waals surface area contributed by atoms with E-state index in [1.165, 1.54) is 22.9 Å². The summed E-state index contributed by atoms with van der Waals surface area (Å²) in [4.78, 5) is 41.0. The Morgan fingerprint density at radius 2 is 1.63 bits per heavy atom. The molecule has 0 fully saturated rings. The first kappa shape index (κ1) is 26.3. The normalized spacial score (nSPS) is 11.2. The van der Waals surface area contributed by atoms with Crippen LogP contribution in [0.3, 0.4) is 0 Å². The Bertz CT molecular complexity index is 1560. The number of rotatable bonds is 6. The van der Waals surface area contributed by atoms with Crippen LogP contribution >= 0.6 is 0 Å². The Balaban J connectivity index is 1.62. The molecule has 0 bridgehead atoms. The summed E-state index contributed by atoms with van der Waals surface area (Å²) in [6, 6.07) is 17.9. The average Bonchev–Trinajstić information content (AvgIpc) is 2.87. The number of carboxylic acids is 1. The number of carbonyl (C=O) groups excluding carboxylic acids is 1. The van der Waals surface area contributed by atoms with Crippen LogP contribution in [0, 0.1) is 6.92 Å². The van der Waals surface area contributed by atoms with Gasteiger partial charge in [0.25, 0.3) is 11.5 Å². The number of anilines is 3. The maximum Gasteiger partial charge on any atom is 0.337 e. The van der Waals surface area contributed by atoms with Gasteiger partial charge in [0.15, 0.2) is 0 Å². The van der Waals surface area contributed by atoms with Gasteiger partial charge in [-0.3, -0.25) is 9.59 Å². The maximum atomic E-state index is 13.0. The van der Waals surface area contributed by atoms with Crippen molar-refractivity contribution < 1.29 is 14.7 Å². The lowest BCUT2D eigenvalue weighted by molar-refractivity contribution is 0.0696. The number of nitrogens with one attached hydrogen (secondary N) is 2. The van der Waals surface area contributed by atoms with E-state index in [-0.39, 0.29) is 28.1 Å². The highest BCUT2D eigenvalue weighted by molar-refractivity contribution is 6.05. The first-order valence-electron chi connectivity index (χ1n) is 12.1. The molecule has 2 aromatic carbocycles. The van der Waals surface area contributed by atoms with Crippen LogP contribution in [0.15, 0.2) is 77.9 Å². The van der Waals surface area contributed by atoms with Gasteiger partial charge < -0.3 is 20.3 Å². The lowest BCUT2D eigenvalue weighted by Gasteiger charge is -2.19. The van der Waals surface area contributed by atoms with Crippen molar-refractivity contribution >= 4 is 29.1 Å². The lowest BCUT2D eigenvalue weighted by Crippen LogP contribution is -2.20. The van der Waals surface area contributed by atoms with Gasteiger partial charge in [-0.25, -0.2) is 9.78 Å². The summed E-state index contributed by atoms with van der Waals surface area (Å²) in [7, 11) is 1.65. The van der Waals surface area contributed by atoms with E-state index in [0.29, 0.717) is 17.1 Å². The predicted octanol–water partition coefficient (Wildman–Crippen LogP) is 5.75. The van der Waals surface area contributed by atoms with Crippen molar-refractivity contribution in [1.82, 2.24) is 9.55 Å². The Morgan fingerprint density at radius 1 is 0.947 bits per heavy atom. The van der Waals surface area contributed by atoms with E-state index in [9.17, 15) is 14.4 Å². The molecule has 1 amide bonds. The molecule has 0 unspecified atom stereocenters. The summed E-state index contributed by atoms with van der Waals surface area (Å²) < 4.78 is 1.46. The zero-order valence-corrected chi connectivity index (χ0v) is 22.0. The average molecular weight is 511 g/mol. The minimum Gasteiger partial charge on any atom is -0.478 e. The van der Waals surface area contributed by atoms with Crippen LogP contribution in [0.2, 0.25) is 0 Å². The number of benzene rings is 2. The number of aromatic carboxylic acids is 1. The first-order chi connectivity index (χ1) is 17.9. The van der Waals surface area contributed by atoms with Crippen LogP contribution in [-0.4, -0.2) is 26.5 Å². The van der Waals surface area contributed by atoms with Gasteiger partial charge in [-0.1, -0.05) is 45.0 Å². The van der Waals surface area contributed by atoms with Gasteiger partial charge in [-0.2, -0.15) is 0 Å². The van der Waals surface area contributed by atoms with Crippen molar-refractivity contribution in [2.75, 3.05) is 10.6 Å². The van der Waals surface area contributed by atoms with Crippen LogP contribution in [-0.2, 0) is 12.5 Å². The van der Waals surface area contributed by atoms with E-state index in [1.54, 1.807) is 19.3 Å². The summed E-state index contributed by atoms with van der Waals surface area (Å²) >= 11 is 0. The summed E-state index contributed by atoms with van der Waals surface area (Å²) in [6.45, 7) is 8.30. The van der Waals surface area contributed by atoms with E-state index in [0.717, 1.165) is 22.3 Å². The predicted molar refractivity (Wildman–Crippen MR) is 149 cm³/mol. The second kappa shape index (κ2) is 10.3. The monoisotopic (exact) mass is 510 g/mol. The SMILES string of the molecule is Cc1c(NC(=O)c2ccc(C(C)(C)C)cc2)cccc1-c1cc(Nc2ccc(C(=O)O)cn2)c(=O)n(C)c1. The van der Waals surface area contributed by atoms with E-state index in [4.69, 9.17) is 5.11 Å². The molecule has 0 saturated heterocycles. The molecule has 0 saturated carbocycles. The van der Waals surface area contributed by atoms with Crippen molar-refractivity contribution in [3.05, 3.63) is 106 Å². The minimum absolute atomic E-state index is 0.00139. The van der Waals surface area contributed by atoms with Gasteiger partial charge in [0, 0.05) is 36.3 Å². The van der Waals surface area contributed by atoms with Gasteiger partial charge in [-0.05, 0) is 65.4 Å². The topological polar surface area (TPSA) is 113 Å². The summed E-state index contributed by atoms with van der Waals surface area (Å²) in [5.41, 5.74) is 4.92. The summed E-state index contributed by atoms with van der Waals surface area (Å²) in [5.74, 6) is -0.935. The molecule has 0 aliphatic rings. The fourth-order valence-electron chi connectivity index (χ4n) is 4.08. The van der Waals surface area contributed by atoms with Crippen molar-refractivity contribution in [3.63, 3.8) is 0 Å². The molecule has 194 valence electrons. The summed E-state index contributed by atoms with van der Waals surface area (Å²) in [5, 5.41) is 15.1. The van der Waals surface area contributed by atoms with E-state index >= 15 is 0 Å². The van der Waals surface area contributed by atoms with Crippen LogP contribution in [0.4, 0.5) is 17.2 Å². The number of aromatic nitrogens is 2. The molecule has 3 N–H and O–H groups in total. The number of carbonyl (C=O) groups is 2. The molecule has 0 aliphatic heterocycles. The van der Waals surface area contributed by atoms with Crippen molar-refractivity contribution in [1.29, 1.82) is 0 Å². The maximum absolute atomic E-state index is 13.0.